The van der Waals surface area contributed by atoms with Crippen LogP contribution in [0, 0.1) is 0 Å². The zero-order chi connectivity index (χ0) is 8.08. The quantitative estimate of drug-likeness (QED) is 0.159. The molecule has 0 aliphatic rings. The van der Waals surface area contributed by atoms with E-state index in [2.05, 4.69) is 16.9 Å². The molecule has 0 spiro atoms. The summed E-state index contributed by atoms with van der Waals surface area (Å²) < 4.78 is 8.55. The number of phosphoric acid groups is 1. The Morgan fingerprint density at radius 3 is 1.30 bits per heavy atom. The second-order valence-corrected chi connectivity index (χ2v) is 1.84. The molecule has 0 aromatic carbocycles. The number of guanidine groups is 1. The summed E-state index contributed by atoms with van der Waals surface area (Å²) in [6.45, 7) is 0. The van der Waals surface area contributed by atoms with Gasteiger partial charge in [-0.25, -0.2) is 0 Å². The predicted molar refractivity (Wildman–Crippen MR) is 22.9 cm³/mol. The van der Waals surface area contributed by atoms with Gasteiger partial charge in [0, 0.05) is 0 Å². The topological polar surface area (TPSA) is 164 Å². The molecule has 0 saturated carbocycles. The van der Waals surface area contributed by atoms with Crippen molar-refractivity contribution in [2.45, 2.75) is 0 Å². The number of rotatable bonds is 0. The molecule has 0 bridgehead atoms. The molecule has 0 amide bonds. The maximum atomic E-state index is 8.55. The maximum Gasteiger partial charge on any atom is 2.00 e. The summed E-state index contributed by atoms with van der Waals surface area (Å²) in [5.41, 5.74) is 9.17. The van der Waals surface area contributed by atoms with Gasteiger partial charge >= 0.3 is 25.4 Å². The summed E-state index contributed by atoms with van der Waals surface area (Å²) in [6.07, 6.45) is 0. The first-order chi connectivity index (χ1) is 3.73. The standard InChI is InChI=1S/CH5N3.H3O4P.Zn/c2-1(3)4;1-5(2,3)4;/h(H5,2,3,4);(H3,1,2,3,4);/q;;+2/p-2. The van der Waals surface area contributed by atoms with Crippen LogP contribution in [0.4, 0.5) is 0 Å². The maximum absolute atomic E-state index is 8.55. The number of hydrogen-bond acceptors (Lipinski definition) is 4. The van der Waals surface area contributed by atoms with Gasteiger partial charge < -0.3 is 19.2 Å². The molecule has 0 fully saturated rings. The molecule has 10 heavy (non-hydrogen) atoms. The molecule has 56 valence electrons. The Kier molecular flexibility index (Phi) is 11.8. The van der Waals surface area contributed by atoms with E-state index in [1.54, 1.807) is 0 Å². The third kappa shape index (κ3) is 34400000. The summed E-state index contributed by atoms with van der Waals surface area (Å²) in [5.74, 6) is -0.0833. The fourth-order valence-electron chi connectivity index (χ4n) is 0. The molecule has 0 atom stereocenters. The van der Waals surface area contributed by atoms with Crippen molar-refractivity contribution in [2.75, 3.05) is 0 Å². The van der Waals surface area contributed by atoms with Crippen LogP contribution in [-0.2, 0) is 24.0 Å². The Hall–Kier alpha value is 0.00338. The van der Waals surface area contributed by atoms with Crippen molar-refractivity contribution in [1.82, 2.24) is 0 Å². The van der Waals surface area contributed by atoms with Crippen LogP contribution in [-0.4, -0.2) is 5.96 Å². The van der Waals surface area contributed by atoms with Crippen molar-refractivity contribution < 1.29 is 44.1 Å². The molecule has 0 heterocycles. The summed E-state index contributed by atoms with van der Waals surface area (Å²) in [4.78, 5) is 25.6. The second kappa shape index (κ2) is 7.11. The van der Waals surface area contributed by atoms with Crippen LogP contribution < -0.4 is 31.6 Å². The van der Waals surface area contributed by atoms with Gasteiger partial charge in [-0.05, 0) is 0 Å². The number of nitrogens with two attached hydrogens (primary N) is 3. The fourth-order valence-corrected chi connectivity index (χ4v) is 0. The first kappa shape index (κ1) is 16.5. The summed E-state index contributed by atoms with van der Waals surface area (Å²) in [5, 5.41) is 4.58. The normalized spacial score (nSPS) is 8.30. The van der Waals surface area contributed by atoms with Crippen LogP contribution in [0.3, 0.4) is 0 Å². The third-order valence-corrected chi connectivity index (χ3v) is 0. The van der Waals surface area contributed by atoms with E-state index in [1.807, 2.05) is 0 Å². The Balaban J connectivity index is -0.0000000910. The molecule has 0 aromatic rings. The van der Waals surface area contributed by atoms with Crippen molar-refractivity contribution in [3.63, 3.8) is 0 Å². The van der Waals surface area contributed by atoms with Gasteiger partial charge in [0.2, 0.25) is 0 Å². The van der Waals surface area contributed by atoms with Crippen LogP contribution >= 0.6 is 7.82 Å². The van der Waals surface area contributed by atoms with Crippen LogP contribution in [0.5, 0.6) is 0 Å². The molecule has 0 unspecified atom stereocenters. The minimum Gasteiger partial charge on any atom is -0.822 e. The van der Waals surface area contributed by atoms with Crippen LogP contribution in [0.15, 0.2) is 0 Å². The molecular weight excluding hydrogens is 214 g/mol. The molecule has 0 aliphatic carbocycles. The number of hydrogen-bond donors (Lipinski definition) is 3. The average Bonchev–Trinajstić information content (AvgIpc) is 1.19. The second-order valence-electron chi connectivity index (χ2n) is 0.947. The van der Waals surface area contributed by atoms with Crippen molar-refractivity contribution >= 4 is 13.8 Å². The van der Waals surface area contributed by atoms with Gasteiger partial charge in [0.25, 0.3) is 0 Å². The van der Waals surface area contributed by atoms with E-state index in [1.165, 1.54) is 0 Å². The first-order valence-electron chi connectivity index (χ1n) is 1.60. The van der Waals surface area contributed by atoms with Crippen LogP contribution in [0.25, 0.3) is 0 Å². The van der Waals surface area contributed by atoms with E-state index in [0.29, 0.717) is 0 Å². The van der Waals surface area contributed by atoms with Gasteiger partial charge in [-0.15, -0.1) is 0 Å². The molecule has 7 nitrogen and oxygen atoms in total. The van der Waals surface area contributed by atoms with Gasteiger partial charge in [0.05, 0.1) is 0 Å². The van der Waals surface area contributed by atoms with Gasteiger partial charge in [-0.3, -0.25) is 16.9 Å². The molecule has 0 rings (SSSR count). The molecule has 0 aromatic heterocycles. The van der Waals surface area contributed by atoms with Crippen molar-refractivity contribution in [3.8, 4) is 0 Å². The van der Waals surface area contributed by atoms with Gasteiger partial charge in [-0.1, -0.05) is 0 Å². The first-order valence-corrected chi connectivity index (χ1v) is 3.06. The molecule has 0 aliphatic heterocycles. The Bertz CT molecular complexity index is 120. The smallest absolute Gasteiger partial charge is 0.822 e. The molecule has 6 N–H and O–H groups in total. The monoisotopic (exact) mass is 219 g/mol. The SMILES string of the molecule is NC(N)=[NH2+].O=P([O-])([O-])[O-].[Zn+2]. The zero-order valence-corrected chi connectivity index (χ0v) is 8.88. The van der Waals surface area contributed by atoms with Crippen molar-refractivity contribution in [3.05, 3.63) is 0 Å². The van der Waals surface area contributed by atoms with E-state index in [9.17, 15) is 0 Å². The molecule has 0 radical (unpaired) electrons. The van der Waals surface area contributed by atoms with Crippen molar-refractivity contribution in [2.24, 2.45) is 11.5 Å². The molecular formula is CH6N3O4PZn. The largest absolute Gasteiger partial charge is 2.00 e. The van der Waals surface area contributed by atoms with E-state index >= 15 is 0 Å². The predicted octanol–water partition coefficient (Wildman–Crippen LogP) is -5.81. The average molecular weight is 220 g/mol. The molecule has 0 saturated heterocycles. The minimum absolute atomic E-state index is 0. The Morgan fingerprint density at radius 2 is 1.30 bits per heavy atom. The van der Waals surface area contributed by atoms with Crippen LogP contribution in [0.2, 0.25) is 0 Å². The van der Waals surface area contributed by atoms with Gasteiger partial charge in [0.1, 0.15) is 0 Å². The minimum atomic E-state index is -5.39. The fraction of sp³-hybridized carbons (Fsp3) is 0. The molecule has 9 heteroatoms. The zero-order valence-electron chi connectivity index (χ0n) is 5.02. The summed E-state index contributed by atoms with van der Waals surface area (Å²) >= 11 is 0. The van der Waals surface area contributed by atoms with Crippen molar-refractivity contribution in [1.29, 1.82) is 0 Å². The Morgan fingerprint density at radius 1 is 1.30 bits per heavy atom. The van der Waals surface area contributed by atoms with Gasteiger partial charge in [-0.2, -0.15) is 7.82 Å². The van der Waals surface area contributed by atoms with Gasteiger partial charge in [0.15, 0.2) is 0 Å². The summed E-state index contributed by atoms with van der Waals surface area (Å²) in [7, 11) is -5.39. The van der Waals surface area contributed by atoms with E-state index in [4.69, 9.17) is 19.2 Å². The Labute approximate surface area is 69.9 Å². The van der Waals surface area contributed by atoms with Crippen LogP contribution in [0.1, 0.15) is 0 Å². The van der Waals surface area contributed by atoms with E-state index in [-0.39, 0.29) is 25.4 Å². The van der Waals surface area contributed by atoms with E-state index in [0.717, 1.165) is 0 Å². The summed E-state index contributed by atoms with van der Waals surface area (Å²) in [6, 6.07) is 0. The van der Waals surface area contributed by atoms with E-state index < -0.39 is 7.82 Å². The third-order valence-electron chi connectivity index (χ3n) is 0.